The summed E-state index contributed by atoms with van der Waals surface area (Å²) in [6.45, 7) is 15.1. The molecule has 0 aromatic carbocycles. The van der Waals surface area contributed by atoms with Gasteiger partial charge < -0.3 is 14.8 Å². The first kappa shape index (κ1) is 17.7. The molecule has 0 spiro atoms. The van der Waals surface area contributed by atoms with Gasteiger partial charge in [0.05, 0.1) is 12.2 Å². The Morgan fingerprint density at radius 2 is 1.81 bits per heavy atom. The fourth-order valence-corrected chi connectivity index (χ4v) is 1.73. The van der Waals surface area contributed by atoms with Crippen LogP contribution < -0.4 is 10.1 Å². The standard InChI is InChI=1S/C16H29N3O2/c1-7-9-17-13-12(3)14(21-11-10-20-8-2)19-15(18-13)16(4,5)6/h7-11H2,1-6H3,(H,17,18,19). The number of rotatable bonds is 8. The molecule has 0 saturated carbocycles. The Morgan fingerprint density at radius 1 is 1.10 bits per heavy atom. The summed E-state index contributed by atoms with van der Waals surface area (Å²) in [5.41, 5.74) is 0.835. The van der Waals surface area contributed by atoms with E-state index in [-0.39, 0.29) is 5.41 Å². The SMILES string of the molecule is CCCNc1nc(C(C)(C)C)nc(OCCOCC)c1C. The van der Waals surface area contributed by atoms with E-state index in [1.165, 1.54) is 0 Å². The third-order valence-electron chi connectivity index (χ3n) is 2.98. The summed E-state index contributed by atoms with van der Waals surface area (Å²) in [6.07, 6.45) is 1.05. The van der Waals surface area contributed by atoms with Gasteiger partial charge in [0.25, 0.3) is 0 Å². The molecule has 120 valence electrons. The molecule has 0 aliphatic carbocycles. The van der Waals surface area contributed by atoms with Crippen LogP contribution in [0, 0.1) is 6.92 Å². The van der Waals surface area contributed by atoms with E-state index in [1.807, 2.05) is 13.8 Å². The number of hydrogen-bond acceptors (Lipinski definition) is 5. The minimum Gasteiger partial charge on any atom is -0.475 e. The molecule has 0 atom stereocenters. The van der Waals surface area contributed by atoms with Crippen LogP contribution in [0.2, 0.25) is 0 Å². The zero-order valence-corrected chi connectivity index (χ0v) is 14.2. The van der Waals surface area contributed by atoms with Crippen molar-refractivity contribution >= 4 is 5.82 Å². The molecule has 5 nitrogen and oxygen atoms in total. The van der Waals surface area contributed by atoms with Crippen molar-refractivity contribution in [2.45, 2.75) is 53.4 Å². The lowest BCUT2D eigenvalue weighted by molar-refractivity contribution is 0.108. The van der Waals surface area contributed by atoms with Gasteiger partial charge in [0.15, 0.2) is 0 Å². The van der Waals surface area contributed by atoms with E-state index >= 15 is 0 Å². The predicted octanol–water partition coefficient (Wildman–Crippen LogP) is 3.32. The van der Waals surface area contributed by atoms with Crippen molar-refractivity contribution in [2.75, 3.05) is 31.7 Å². The molecule has 0 radical (unpaired) electrons. The maximum Gasteiger partial charge on any atom is 0.221 e. The maximum atomic E-state index is 5.78. The van der Waals surface area contributed by atoms with E-state index in [1.54, 1.807) is 0 Å². The summed E-state index contributed by atoms with van der Waals surface area (Å²) in [5, 5.41) is 3.35. The molecule has 0 aliphatic heterocycles. The summed E-state index contributed by atoms with van der Waals surface area (Å²) in [5.74, 6) is 2.30. The zero-order chi connectivity index (χ0) is 15.9. The van der Waals surface area contributed by atoms with Gasteiger partial charge in [-0.15, -0.1) is 0 Å². The largest absolute Gasteiger partial charge is 0.475 e. The van der Waals surface area contributed by atoms with Gasteiger partial charge in [-0.2, -0.15) is 4.98 Å². The molecule has 1 heterocycles. The topological polar surface area (TPSA) is 56.3 Å². The fraction of sp³-hybridized carbons (Fsp3) is 0.750. The number of anilines is 1. The minimum atomic E-state index is -0.117. The highest BCUT2D eigenvalue weighted by atomic mass is 16.5. The fourth-order valence-electron chi connectivity index (χ4n) is 1.73. The molecule has 5 heteroatoms. The number of ether oxygens (including phenoxy) is 2. The van der Waals surface area contributed by atoms with Gasteiger partial charge in [0, 0.05) is 18.6 Å². The molecule has 0 aliphatic rings. The van der Waals surface area contributed by atoms with Crippen molar-refractivity contribution in [1.82, 2.24) is 9.97 Å². The highest BCUT2D eigenvalue weighted by molar-refractivity contribution is 5.49. The predicted molar refractivity (Wildman–Crippen MR) is 86.2 cm³/mol. The first-order valence-corrected chi connectivity index (χ1v) is 7.73. The Kier molecular flexibility index (Phi) is 6.89. The van der Waals surface area contributed by atoms with Gasteiger partial charge in [-0.25, -0.2) is 4.98 Å². The molecular weight excluding hydrogens is 266 g/mol. The first-order chi connectivity index (χ1) is 9.90. The van der Waals surface area contributed by atoms with Crippen LogP contribution in [0.25, 0.3) is 0 Å². The van der Waals surface area contributed by atoms with E-state index in [0.717, 1.165) is 30.2 Å². The molecule has 0 saturated heterocycles. The molecule has 1 aromatic heterocycles. The van der Waals surface area contributed by atoms with Crippen LogP contribution in [0.5, 0.6) is 5.88 Å². The molecule has 0 bridgehead atoms. The second-order valence-electron chi connectivity index (χ2n) is 6.05. The smallest absolute Gasteiger partial charge is 0.221 e. The highest BCUT2D eigenvalue weighted by Crippen LogP contribution is 2.27. The number of aromatic nitrogens is 2. The van der Waals surface area contributed by atoms with E-state index in [9.17, 15) is 0 Å². The highest BCUT2D eigenvalue weighted by Gasteiger charge is 2.21. The van der Waals surface area contributed by atoms with E-state index in [2.05, 4.69) is 43.0 Å². The summed E-state index contributed by atoms with van der Waals surface area (Å²) >= 11 is 0. The van der Waals surface area contributed by atoms with Gasteiger partial charge >= 0.3 is 0 Å². The molecular formula is C16H29N3O2. The summed E-state index contributed by atoms with van der Waals surface area (Å²) in [4.78, 5) is 9.23. The number of nitrogens with one attached hydrogen (secondary N) is 1. The van der Waals surface area contributed by atoms with Crippen LogP contribution in [0.15, 0.2) is 0 Å². The number of hydrogen-bond donors (Lipinski definition) is 1. The molecule has 0 amide bonds. The summed E-state index contributed by atoms with van der Waals surface area (Å²) in [6, 6.07) is 0. The quantitative estimate of drug-likeness (QED) is 0.746. The van der Waals surface area contributed by atoms with E-state index in [4.69, 9.17) is 9.47 Å². The second-order valence-corrected chi connectivity index (χ2v) is 6.05. The summed E-state index contributed by atoms with van der Waals surface area (Å²) in [7, 11) is 0. The summed E-state index contributed by atoms with van der Waals surface area (Å²) < 4.78 is 11.1. The Hall–Kier alpha value is -1.36. The molecule has 1 aromatic rings. The Morgan fingerprint density at radius 3 is 2.38 bits per heavy atom. The Bertz CT molecular complexity index is 442. The van der Waals surface area contributed by atoms with Gasteiger partial charge in [-0.05, 0) is 20.3 Å². The van der Waals surface area contributed by atoms with Crippen LogP contribution in [0.1, 0.15) is 52.4 Å². The van der Waals surface area contributed by atoms with Gasteiger partial charge in [-0.3, -0.25) is 0 Å². The third-order valence-corrected chi connectivity index (χ3v) is 2.98. The zero-order valence-electron chi connectivity index (χ0n) is 14.2. The van der Waals surface area contributed by atoms with Crippen molar-refractivity contribution in [3.63, 3.8) is 0 Å². The lowest BCUT2D eigenvalue weighted by Crippen LogP contribution is -2.20. The Balaban J connectivity index is 2.97. The lowest BCUT2D eigenvalue weighted by atomic mass is 9.95. The van der Waals surface area contributed by atoms with Crippen molar-refractivity contribution in [3.05, 3.63) is 11.4 Å². The lowest BCUT2D eigenvalue weighted by Gasteiger charge is -2.21. The van der Waals surface area contributed by atoms with Crippen molar-refractivity contribution in [1.29, 1.82) is 0 Å². The maximum absolute atomic E-state index is 5.78. The molecule has 21 heavy (non-hydrogen) atoms. The van der Waals surface area contributed by atoms with E-state index < -0.39 is 0 Å². The van der Waals surface area contributed by atoms with Gasteiger partial charge in [0.1, 0.15) is 18.2 Å². The Labute approximate surface area is 128 Å². The van der Waals surface area contributed by atoms with Crippen LogP contribution >= 0.6 is 0 Å². The molecule has 0 unspecified atom stereocenters. The van der Waals surface area contributed by atoms with Crippen LogP contribution in [0.3, 0.4) is 0 Å². The molecule has 1 rings (SSSR count). The second kappa shape index (κ2) is 8.17. The third kappa shape index (κ3) is 5.50. The van der Waals surface area contributed by atoms with Crippen LogP contribution in [-0.4, -0.2) is 36.3 Å². The number of nitrogens with zero attached hydrogens (tertiary/aromatic N) is 2. The molecule has 1 N–H and O–H groups in total. The average Bonchev–Trinajstić information content (AvgIpc) is 2.42. The minimum absolute atomic E-state index is 0.117. The first-order valence-electron chi connectivity index (χ1n) is 7.73. The normalized spacial score (nSPS) is 11.5. The average molecular weight is 295 g/mol. The molecule has 0 fully saturated rings. The van der Waals surface area contributed by atoms with Gasteiger partial charge in [0.2, 0.25) is 5.88 Å². The van der Waals surface area contributed by atoms with E-state index in [0.29, 0.717) is 25.7 Å². The van der Waals surface area contributed by atoms with Crippen molar-refractivity contribution in [3.8, 4) is 5.88 Å². The van der Waals surface area contributed by atoms with Gasteiger partial charge in [-0.1, -0.05) is 27.7 Å². The van der Waals surface area contributed by atoms with Crippen molar-refractivity contribution in [2.24, 2.45) is 0 Å². The van der Waals surface area contributed by atoms with Crippen LogP contribution in [0.4, 0.5) is 5.82 Å². The van der Waals surface area contributed by atoms with Crippen LogP contribution in [-0.2, 0) is 10.2 Å². The van der Waals surface area contributed by atoms with Crippen molar-refractivity contribution < 1.29 is 9.47 Å². The monoisotopic (exact) mass is 295 g/mol.